The second-order valence-corrected chi connectivity index (χ2v) is 8.66. The van der Waals surface area contributed by atoms with Gasteiger partial charge in [0.25, 0.3) is 5.91 Å². The van der Waals surface area contributed by atoms with Gasteiger partial charge < -0.3 is 10.6 Å². The average molecular weight is 454 g/mol. The molecule has 30 heavy (non-hydrogen) atoms. The number of halogens is 4. The number of hydrogen-bond acceptors (Lipinski definition) is 4. The van der Waals surface area contributed by atoms with Crippen molar-refractivity contribution in [1.82, 2.24) is 10.3 Å². The molecule has 0 spiro atoms. The molecule has 9 heteroatoms. The maximum absolute atomic E-state index is 13.3. The molecule has 2 aromatic heterocycles. The summed E-state index contributed by atoms with van der Waals surface area (Å²) in [6.07, 6.45) is -1.56. The monoisotopic (exact) mass is 453 g/mol. The summed E-state index contributed by atoms with van der Waals surface area (Å²) in [6, 6.07) is 9.62. The van der Waals surface area contributed by atoms with Gasteiger partial charge in [0.15, 0.2) is 0 Å². The van der Waals surface area contributed by atoms with Crippen molar-refractivity contribution in [3.05, 3.63) is 57.4 Å². The number of nitrogens with zero attached hydrogens (tertiary/aromatic N) is 1. The summed E-state index contributed by atoms with van der Waals surface area (Å²) in [5.41, 5.74) is -0.160. The Morgan fingerprint density at radius 2 is 1.80 bits per heavy atom. The molecule has 0 unspecified atom stereocenters. The predicted molar refractivity (Wildman–Crippen MR) is 113 cm³/mol. The average Bonchev–Trinajstić information content (AvgIpc) is 3.15. The topological polar surface area (TPSA) is 54.0 Å². The Bertz CT molecular complexity index is 1060. The predicted octanol–water partition coefficient (Wildman–Crippen LogP) is 6.12. The van der Waals surface area contributed by atoms with Gasteiger partial charge in [-0.3, -0.25) is 4.79 Å². The van der Waals surface area contributed by atoms with Crippen LogP contribution in [0.3, 0.4) is 0 Å². The fraction of sp³-hybridized carbons (Fsp3) is 0.333. The molecule has 2 heterocycles. The SMILES string of the molecule is O=C(NC1CCC(Nc2cc(C(F)(F)F)nc3ccccc23)CC1)c1sccc1Cl. The third-order valence-electron chi connectivity index (χ3n) is 5.25. The number of aromatic nitrogens is 1. The van der Waals surface area contributed by atoms with Crippen LogP contribution >= 0.6 is 22.9 Å². The first kappa shape index (κ1) is 20.9. The van der Waals surface area contributed by atoms with Crippen molar-refractivity contribution in [2.75, 3.05) is 5.32 Å². The van der Waals surface area contributed by atoms with Crippen molar-refractivity contribution in [2.45, 2.75) is 43.9 Å². The lowest BCUT2D eigenvalue weighted by Gasteiger charge is -2.30. The van der Waals surface area contributed by atoms with E-state index in [0.29, 0.717) is 26.5 Å². The van der Waals surface area contributed by atoms with Gasteiger partial charge in [0.1, 0.15) is 10.6 Å². The summed E-state index contributed by atoms with van der Waals surface area (Å²) >= 11 is 7.31. The summed E-state index contributed by atoms with van der Waals surface area (Å²) in [6.45, 7) is 0. The smallest absolute Gasteiger partial charge is 0.382 e. The molecule has 1 saturated carbocycles. The third kappa shape index (κ3) is 4.54. The third-order valence-corrected chi connectivity index (χ3v) is 6.59. The number of nitrogens with one attached hydrogen (secondary N) is 2. The molecule has 4 rings (SSSR count). The Kier molecular flexibility index (Phi) is 5.88. The highest BCUT2D eigenvalue weighted by molar-refractivity contribution is 7.12. The van der Waals surface area contributed by atoms with E-state index in [9.17, 15) is 18.0 Å². The van der Waals surface area contributed by atoms with Crippen LogP contribution in [0, 0.1) is 0 Å². The van der Waals surface area contributed by atoms with Crippen LogP contribution in [0.5, 0.6) is 0 Å². The van der Waals surface area contributed by atoms with Gasteiger partial charge in [-0.2, -0.15) is 13.2 Å². The van der Waals surface area contributed by atoms with E-state index in [1.165, 1.54) is 11.3 Å². The zero-order valence-electron chi connectivity index (χ0n) is 15.8. The van der Waals surface area contributed by atoms with Crippen LogP contribution in [-0.2, 0) is 6.18 Å². The van der Waals surface area contributed by atoms with E-state index >= 15 is 0 Å². The van der Waals surface area contributed by atoms with Crippen LogP contribution in [0.15, 0.2) is 41.8 Å². The number of carbonyl (C=O) groups excluding carboxylic acids is 1. The number of para-hydroxylation sites is 1. The number of amides is 1. The largest absolute Gasteiger partial charge is 0.433 e. The zero-order chi connectivity index (χ0) is 21.3. The van der Waals surface area contributed by atoms with Crippen molar-refractivity contribution in [1.29, 1.82) is 0 Å². The fourth-order valence-corrected chi connectivity index (χ4v) is 4.79. The number of rotatable bonds is 4. The maximum Gasteiger partial charge on any atom is 0.433 e. The van der Waals surface area contributed by atoms with Gasteiger partial charge in [-0.25, -0.2) is 4.98 Å². The van der Waals surface area contributed by atoms with Crippen LogP contribution in [-0.4, -0.2) is 23.0 Å². The summed E-state index contributed by atoms with van der Waals surface area (Å²) < 4.78 is 39.8. The molecule has 0 atom stereocenters. The first-order chi connectivity index (χ1) is 14.3. The molecule has 0 bridgehead atoms. The number of fused-ring (bicyclic) bond motifs is 1. The zero-order valence-corrected chi connectivity index (χ0v) is 17.4. The van der Waals surface area contributed by atoms with Gasteiger partial charge in [0, 0.05) is 23.2 Å². The molecule has 1 fully saturated rings. The molecular formula is C21H19ClF3N3OS. The van der Waals surface area contributed by atoms with Crippen LogP contribution in [0.25, 0.3) is 10.9 Å². The quantitative estimate of drug-likeness (QED) is 0.500. The molecule has 2 N–H and O–H groups in total. The molecular weight excluding hydrogens is 435 g/mol. The molecule has 0 aliphatic heterocycles. The minimum absolute atomic E-state index is 0.0219. The summed E-state index contributed by atoms with van der Waals surface area (Å²) in [4.78, 5) is 16.6. The van der Waals surface area contributed by atoms with E-state index in [0.717, 1.165) is 31.7 Å². The van der Waals surface area contributed by atoms with E-state index in [1.54, 1.807) is 35.7 Å². The molecule has 1 aliphatic rings. The van der Waals surface area contributed by atoms with E-state index in [2.05, 4.69) is 15.6 Å². The maximum atomic E-state index is 13.3. The minimum Gasteiger partial charge on any atom is -0.382 e. The van der Waals surface area contributed by atoms with Gasteiger partial charge in [0.05, 0.1) is 10.5 Å². The Labute approximate surface area is 180 Å². The summed E-state index contributed by atoms with van der Waals surface area (Å²) in [5, 5.41) is 9.15. The number of pyridine rings is 1. The fourth-order valence-electron chi connectivity index (χ4n) is 3.75. The first-order valence-electron chi connectivity index (χ1n) is 9.58. The lowest BCUT2D eigenvalue weighted by molar-refractivity contribution is -0.140. The van der Waals surface area contributed by atoms with Crippen molar-refractivity contribution in [3.8, 4) is 0 Å². The highest BCUT2D eigenvalue weighted by Gasteiger charge is 2.34. The second-order valence-electron chi connectivity index (χ2n) is 7.33. The normalized spacial score (nSPS) is 19.6. The van der Waals surface area contributed by atoms with E-state index in [1.807, 2.05) is 0 Å². The highest BCUT2D eigenvalue weighted by Crippen LogP contribution is 2.34. The molecule has 0 saturated heterocycles. The van der Waals surface area contributed by atoms with Gasteiger partial charge in [0.2, 0.25) is 0 Å². The number of alkyl halides is 3. The van der Waals surface area contributed by atoms with Gasteiger partial charge in [-0.05, 0) is 49.3 Å². The lowest BCUT2D eigenvalue weighted by atomic mass is 9.90. The molecule has 3 aromatic rings. The Morgan fingerprint density at radius 1 is 1.10 bits per heavy atom. The molecule has 1 aliphatic carbocycles. The summed E-state index contributed by atoms with van der Waals surface area (Å²) in [7, 11) is 0. The van der Waals surface area contributed by atoms with Gasteiger partial charge in [-0.1, -0.05) is 29.8 Å². The molecule has 0 radical (unpaired) electrons. The van der Waals surface area contributed by atoms with Crippen molar-refractivity contribution in [3.63, 3.8) is 0 Å². The Hall–Kier alpha value is -2.32. The molecule has 158 valence electrons. The van der Waals surface area contributed by atoms with Crippen molar-refractivity contribution >= 4 is 45.4 Å². The Balaban J connectivity index is 1.43. The minimum atomic E-state index is -4.51. The Morgan fingerprint density at radius 3 is 2.47 bits per heavy atom. The van der Waals surface area contributed by atoms with Gasteiger partial charge in [-0.15, -0.1) is 11.3 Å². The highest BCUT2D eigenvalue weighted by atomic mass is 35.5. The molecule has 4 nitrogen and oxygen atoms in total. The molecule has 1 aromatic carbocycles. The number of benzene rings is 1. The lowest BCUT2D eigenvalue weighted by Crippen LogP contribution is -2.40. The van der Waals surface area contributed by atoms with Crippen LogP contribution in [0.1, 0.15) is 41.0 Å². The van der Waals surface area contributed by atoms with E-state index in [4.69, 9.17) is 11.6 Å². The van der Waals surface area contributed by atoms with Gasteiger partial charge >= 0.3 is 6.18 Å². The van der Waals surface area contributed by atoms with Crippen LogP contribution < -0.4 is 10.6 Å². The number of thiophene rings is 1. The second kappa shape index (κ2) is 8.43. The molecule has 1 amide bonds. The number of anilines is 1. The van der Waals surface area contributed by atoms with Crippen LogP contribution in [0.2, 0.25) is 5.02 Å². The van der Waals surface area contributed by atoms with E-state index in [-0.39, 0.29) is 18.0 Å². The summed E-state index contributed by atoms with van der Waals surface area (Å²) in [5.74, 6) is -0.179. The standard InChI is InChI=1S/C21H19ClF3N3OS/c22-15-9-10-30-19(15)20(29)27-13-7-5-12(6-8-13)26-17-11-18(21(23,24)25)28-16-4-2-1-3-14(16)17/h1-4,9-13H,5-8H2,(H,26,28)(H,27,29). The number of hydrogen-bond donors (Lipinski definition) is 2. The first-order valence-corrected chi connectivity index (χ1v) is 10.8. The van der Waals surface area contributed by atoms with Crippen molar-refractivity contribution < 1.29 is 18.0 Å². The van der Waals surface area contributed by atoms with Crippen LogP contribution in [0.4, 0.5) is 18.9 Å². The van der Waals surface area contributed by atoms with Crippen molar-refractivity contribution in [2.24, 2.45) is 0 Å². The number of carbonyl (C=O) groups is 1. The van der Waals surface area contributed by atoms with E-state index < -0.39 is 11.9 Å².